The van der Waals surface area contributed by atoms with Crippen molar-refractivity contribution in [2.24, 2.45) is 0 Å². The highest BCUT2D eigenvalue weighted by Crippen LogP contribution is 2.33. The Balaban J connectivity index is 1.77. The molecule has 0 atom stereocenters. The Hall–Kier alpha value is -1.90. The van der Waals surface area contributed by atoms with Crippen molar-refractivity contribution < 1.29 is 19.1 Å². The Bertz CT molecular complexity index is 873. The summed E-state index contributed by atoms with van der Waals surface area (Å²) in [5, 5.41) is 8.75. The summed E-state index contributed by atoms with van der Waals surface area (Å²) < 4.78 is 7.11. The van der Waals surface area contributed by atoms with Gasteiger partial charge in [-0.05, 0) is 24.3 Å². The van der Waals surface area contributed by atoms with E-state index < -0.39 is 5.97 Å². The maximum Gasteiger partial charge on any atom is 0.305 e. The standard InChI is InChI=1S/C17H12BrNO4S2/c18-11-3-1-10(2-4-11)13-6-5-12(23-13)9-14-16(22)19(17(24)25-14)8-7-15(20)21/h1-6,9H,7-8H2,(H,20,21)/b14-9-. The van der Waals surface area contributed by atoms with Crippen molar-refractivity contribution in [3.05, 3.63) is 51.5 Å². The van der Waals surface area contributed by atoms with Crippen molar-refractivity contribution in [3.8, 4) is 11.3 Å². The van der Waals surface area contributed by atoms with E-state index in [1.807, 2.05) is 30.3 Å². The molecule has 0 spiro atoms. The number of halogens is 1. The van der Waals surface area contributed by atoms with E-state index in [1.54, 1.807) is 12.1 Å². The van der Waals surface area contributed by atoms with Crippen LogP contribution in [0.15, 0.2) is 50.2 Å². The fourth-order valence-corrected chi connectivity index (χ4v) is 3.78. The molecule has 5 nitrogen and oxygen atoms in total. The third-order valence-electron chi connectivity index (χ3n) is 3.45. The summed E-state index contributed by atoms with van der Waals surface area (Å²) in [6, 6.07) is 11.3. The van der Waals surface area contributed by atoms with Crippen LogP contribution in [-0.2, 0) is 9.59 Å². The second-order valence-corrected chi connectivity index (χ2v) is 7.78. The highest BCUT2D eigenvalue weighted by molar-refractivity contribution is 9.10. The Morgan fingerprint density at radius 3 is 2.68 bits per heavy atom. The van der Waals surface area contributed by atoms with E-state index >= 15 is 0 Å². The third-order valence-corrected chi connectivity index (χ3v) is 5.36. The number of carboxylic acids is 1. The first-order chi connectivity index (χ1) is 11.9. The third kappa shape index (κ3) is 4.20. The SMILES string of the molecule is O=C(O)CCN1C(=O)/C(=C/c2ccc(-c3ccc(Br)cc3)o2)SC1=S. The Labute approximate surface area is 161 Å². The van der Waals surface area contributed by atoms with Crippen LogP contribution in [0.25, 0.3) is 17.4 Å². The number of hydrogen-bond donors (Lipinski definition) is 1. The highest BCUT2D eigenvalue weighted by Gasteiger charge is 2.32. The molecule has 25 heavy (non-hydrogen) atoms. The number of aliphatic carboxylic acids is 1. The summed E-state index contributed by atoms with van der Waals surface area (Å²) in [6.45, 7) is 0.0691. The fraction of sp³-hybridized carbons (Fsp3) is 0.118. The van der Waals surface area contributed by atoms with Crippen LogP contribution >= 0.6 is 39.9 Å². The number of hydrogen-bond acceptors (Lipinski definition) is 5. The van der Waals surface area contributed by atoms with Gasteiger partial charge >= 0.3 is 5.97 Å². The van der Waals surface area contributed by atoms with Crippen molar-refractivity contribution in [1.82, 2.24) is 4.90 Å². The van der Waals surface area contributed by atoms with Crippen molar-refractivity contribution in [2.75, 3.05) is 6.54 Å². The van der Waals surface area contributed by atoms with Gasteiger partial charge in [-0.2, -0.15) is 0 Å². The molecule has 1 aliphatic heterocycles. The highest BCUT2D eigenvalue weighted by atomic mass is 79.9. The molecule has 1 aromatic carbocycles. The number of benzene rings is 1. The fourth-order valence-electron chi connectivity index (χ4n) is 2.23. The first-order valence-electron chi connectivity index (χ1n) is 7.27. The number of carbonyl (C=O) groups is 2. The van der Waals surface area contributed by atoms with Crippen LogP contribution in [0.3, 0.4) is 0 Å². The normalized spacial score (nSPS) is 16.0. The first-order valence-corrected chi connectivity index (χ1v) is 9.29. The largest absolute Gasteiger partial charge is 0.481 e. The lowest BCUT2D eigenvalue weighted by Crippen LogP contribution is -2.30. The van der Waals surface area contributed by atoms with E-state index in [0.29, 0.717) is 20.7 Å². The molecule has 0 bridgehead atoms. The Kier molecular flexibility index (Phi) is 5.41. The molecule has 1 amide bonds. The van der Waals surface area contributed by atoms with Gasteiger partial charge in [0.05, 0.1) is 11.3 Å². The quantitative estimate of drug-likeness (QED) is 0.552. The van der Waals surface area contributed by atoms with Crippen LogP contribution < -0.4 is 0 Å². The lowest BCUT2D eigenvalue weighted by Gasteiger charge is -2.12. The van der Waals surface area contributed by atoms with Crippen LogP contribution in [0.2, 0.25) is 0 Å². The lowest BCUT2D eigenvalue weighted by atomic mass is 10.2. The van der Waals surface area contributed by atoms with Gasteiger partial charge in [-0.25, -0.2) is 0 Å². The summed E-state index contributed by atoms with van der Waals surface area (Å²) in [6.07, 6.45) is 1.48. The van der Waals surface area contributed by atoms with Crippen molar-refractivity contribution in [1.29, 1.82) is 0 Å². The molecule has 1 fully saturated rings. The van der Waals surface area contributed by atoms with E-state index in [0.717, 1.165) is 21.8 Å². The van der Waals surface area contributed by atoms with Crippen molar-refractivity contribution >= 4 is 62.2 Å². The Morgan fingerprint density at radius 2 is 2.00 bits per heavy atom. The van der Waals surface area contributed by atoms with Crippen LogP contribution in [-0.4, -0.2) is 32.7 Å². The molecule has 0 aliphatic carbocycles. The number of carbonyl (C=O) groups excluding carboxylic acids is 1. The molecule has 3 rings (SSSR count). The molecule has 1 aliphatic rings. The number of carboxylic acid groups (broad SMARTS) is 1. The van der Waals surface area contributed by atoms with Crippen molar-refractivity contribution in [2.45, 2.75) is 6.42 Å². The minimum atomic E-state index is -0.969. The summed E-state index contributed by atoms with van der Waals surface area (Å²) in [5.41, 5.74) is 0.928. The van der Waals surface area contributed by atoms with Gasteiger partial charge in [-0.15, -0.1) is 0 Å². The van der Waals surface area contributed by atoms with Crippen LogP contribution in [0.1, 0.15) is 12.2 Å². The van der Waals surface area contributed by atoms with Gasteiger partial charge in [0.15, 0.2) is 0 Å². The zero-order valence-corrected chi connectivity index (χ0v) is 16.0. The molecule has 0 radical (unpaired) electrons. The van der Waals surface area contributed by atoms with Crippen LogP contribution in [0.5, 0.6) is 0 Å². The van der Waals surface area contributed by atoms with Crippen LogP contribution in [0, 0.1) is 0 Å². The molecule has 1 saturated heterocycles. The average molecular weight is 438 g/mol. The minimum absolute atomic E-state index is 0.0691. The smallest absolute Gasteiger partial charge is 0.305 e. The molecular formula is C17H12BrNO4S2. The predicted molar refractivity (Wildman–Crippen MR) is 104 cm³/mol. The monoisotopic (exact) mass is 437 g/mol. The molecule has 128 valence electrons. The zero-order valence-electron chi connectivity index (χ0n) is 12.8. The van der Waals surface area contributed by atoms with Gasteiger partial charge in [0.1, 0.15) is 15.8 Å². The predicted octanol–water partition coefficient (Wildman–Crippen LogP) is 4.39. The molecule has 2 heterocycles. The van der Waals surface area contributed by atoms with Gasteiger partial charge in [0.25, 0.3) is 5.91 Å². The number of nitrogens with zero attached hydrogens (tertiary/aromatic N) is 1. The first kappa shape index (κ1) is 17.9. The second-order valence-electron chi connectivity index (χ2n) is 5.19. The molecule has 1 N–H and O–H groups in total. The second kappa shape index (κ2) is 7.55. The molecule has 0 saturated carbocycles. The van der Waals surface area contributed by atoms with Gasteiger partial charge < -0.3 is 9.52 Å². The molecule has 1 aromatic heterocycles. The van der Waals surface area contributed by atoms with E-state index in [9.17, 15) is 9.59 Å². The number of rotatable bonds is 5. The zero-order chi connectivity index (χ0) is 18.0. The summed E-state index contributed by atoms with van der Waals surface area (Å²) in [4.78, 5) is 24.8. The van der Waals surface area contributed by atoms with E-state index in [1.165, 1.54) is 4.90 Å². The Morgan fingerprint density at radius 1 is 1.28 bits per heavy atom. The number of furan rings is 1. The molecular weight excluding hydrogens is 426 g/mol. The van der Waals surface area contributed by atoms with Crippen LogP contribution in [0.4, 0.5) is 0 Å². The lowest BCUT2D eigenvalue weighted by molar-refractivity contribution is -0.137. The number of thioether (sulfide) groups is 1. The van der Waals surface area contributed by atoms with Crippen molar-refractivity contribution in [3.63, 3.8) is 0 Å². The summed E-state index contributed by atoms with van der Waals surface area (Å²) in [5.74, 6) is -0.0298. The molecule has 2 aromatic rings. The molecule has 0 unspecified atom stereocenters. The maximum absolute atomic E-state index is 12.4. The maximum atomic E-state index is 12.4. The van der Waals surface area contributed by atoms with Gasteiger partial charge in [0.2, 0.25) is 0 Å². The van der Waals surface area contributed by atoms with E-state index in [-0.39, 0.29) is 18.9 Å². The van der Waals surface area contributed by atoms with E-state index in [4.69, 9.17) is 21.7 Å². The topological polar surface area (TPSA) is 70.8 Å². The van der Waals surface area contributed by atoms with Gasteiger partial charge in [-0.3, -0.25) is 14.5 Å². The van der Waals surface area contributed by atoms with E-state index in [2.05, 4.69) is 15.9 Å². The number of amides is 1. The summed E-state index contributed by atoms with van der Waals surface area (Å²) in [7, 11) is 0. The minimum Gasteiger partial charge on any atom is -0.481 e. The summed E-state index contributed by atoms with van der Waals surface area (Å²) >= 11 is 9.69. The van der Waals surface area contributed by atoms with Gasteiger partial charge in [-0.1, -0.05) is 52.0 Å². The van der Waals surface area contributed by atoms with Gasteiger partial charge in [0, 0.05) is 22.7 Å². The average Bonchev–Trinajstić information content (AvgIpc) is 3.12. The number of thiocarbonyl (C=S) groups is 1. The molecule has 8 heteroatoms.